The summed E-state index contributed by atoms with van der Waals surface area (Å²) in [4.78, 5) is 16.7. The molecule has 0 bridgehead atoms. The zero-order valence-corrected chi connectivity index (χ0v) is 7.15. The number of hydrogen-bond donors (Lipinski definition) is 2. The largest absolute Gasteiger partial charge is 0.335 e. The quantitative estimate of drug-likeness (QED) is 0.626. The molecule has 0 heterocycles. The van der Waals surface area contributed by atoms with Crippen molar-refractivity contribution in [2.75, 3.05) is 5.49 Å². The summed E-state index contributed by atoms with van der Waals surface area (Å²) < 4.78 is 10.2. The second-order valence-electron chi connectivity index (χ2n) is 2.01. The molecule has 0 spiro atoms. The number of rotatable bonds is 3. The molecule has 0 fully saturated rings. The van der Waals surface area contributed by atoms with E-state index in [4.69, 9.17) is 9.79 Å². The van der Waals surface area contributed by atoms with Crippen molar-refractivity contribution in [1.29, 1.82) is 0 Å². The van der Waals surface area contributed by atoms with Gasteiger partial charge in [-0.3, -0.25) is 4.57 Å². The highest BCUT2D eigenvalue weighted by Gasteiger charge is 2.12. The van der Waals surface area contributed by atoms with E-state index in [1.165, 1.54) is 11.8 Å². The molecule has 3 nitrogen and oxygen atoms in total. The summed E-state index contributed by atoms with van der Waals surface area (Å²) in [6.45, 7) is 3.81. The molecule has 56 valence electrons. The van der Waals surface area contributed by atoms with Crippen LogP contribution in [0, 0.1) is 0 Å². The first kappa shape index (κ1) is 9.50. The lowest BCUT2D eigenvalue weighted by atomic mass is 10.6. The van der Waals surface area contributed by atoms with E-state index in [0.717, 1.165) is 0 Å². The highest BCUT2D eigenvalue weighted by molar-refractivity contribution is 8.04. The third-order valence-corrected chi connectivity index (χ3v) is 3.18. The van der Waals surface area contributed by atoms with Gasteiger partial charge >= 0.3 is 7.60 Å². The fourth-order valence-electron chi connectivity index (χ4n) is 0.246. The Kier molecular flexibility index (Phi) is 3.82. The minimum absolute atomic E-state index is 0.0648. The smallest absolute Gasteiger partial charge is 0.324 e. The first-order valence-electron chi connectivity index (χ1n) is 2.58. The van der Waals surface area contributed by atoms with Crippen LogP contribution in [0.25, 0.3) is 0 Å². The molecule has 0 aliphatic heterocycles. The Balaban J connectivity index is 3.40. The predicted molar refractivity (Wildman–Crippen MR) is 39.6 cm³/mol. The summed E-state index contributed by atoms with van der Waals surface area (Å²) in [6, 6.07) is 0. The fourth-order valence-corrected chi connectivity index (χ4v) is 2.22. The molecule has 0 unspecified atom stereocenters. The second-order valence-corrected chi connectivity index (χ2v) is 5.65. The maximum absolute atomic E-state index is 10.2. The zero-order chi connectivity index (χ0) is 7.49. The lowest BCUT2D eigenvalue weighted by Crippen LogP contribution is -1.89. The molecule has 0 aliphatic rings. The maximum atomic E-state index is 10.2. The standard InChI is InChI=1S/C4H11O3PS/c1-4(2)9-3-8(5,6)7/h4H,3H2,1-2H3,(H2,5,6,7). The molecule has 0 rings (SSSR count). The summed E-state index contributed by atoms with van der Waals surface area (Å²) in [5.41, 5.74) is -0.0648. The van der Waals surface area contributed by atoms with E-state index in [2.05, 4.69) is 0 Å². The van der Waals surface area contributed by atoms with Crippen LogP contribution in [0.5, 0.6) is 0 Å². The van der Waals surface area contributed by atoms with Gasteiger partial charge in [-0.15, -0.1) is 11.8 Å². The van der Waals surface area contributed by atoms with E-state index in [1.807, 2.05) is 13.8 Å². The van der Waals surface area contributed by atoms with Gasteiger partial charge in [0.05, 0.1) is 5.49 Å². The second kappa shape index (κ2) is 3.62. The molecule has 0 saturated heterocycles. The molecule has 9 heavy (non-hydrogen) atoms. The van der Waals surface area contributed by atoms with Gasteiger partial charge < -0.3 is 9.79 Å². The predicted octanol–water partition coefficient (Wildman–Crippen LogP) is 1.26. The van der Waals surface area contributed by atoms with Gasteiger partial charge in [-0.1, -0.05) is 13.8 Å². The molecule has 2 N–H and O–H groups in total. The molecule has 0 aromatic rings. The Hall–Kier alpha value is 0.500. The van der Waals surface area contributed by atoms with Crippen LogP contribution in [0.1, 0.15) is 13.8 Å². The lowest BCUT2D eigenvalue weighted by molar-refractivity contribution is 0.379. The van der Waals surface area contributed by atoms with Crippen molar-refractivity contribution in [1.82, 2.24) is 0 Å². The molecule has 5 heteroatoms. The van der Waals surface area contributed by atoms with Crippen LogP contribution in [0.15, 0.2) is 0 Å². The Morgan fingerprint density at radius 3 is 2.11 bits per heavy atom. The van der Waals surface area contributed by atoms with Crippen molar-refractivity contribution in [3.8, 4) is 0 Å². The highest BCUT2D eigenvalue weighted by Crippen LogP contribution is 2.39. The van der Waals surface area contributed by atoms with Crippen molar-refractivity contribution in [3.05, 3.63) is 0 Å². The van der Waals surface area contributed by atoms with Crippen LogP contribution < -0.4 is 0 Å². The Bertz CT molecular complexity index is 119. The summed E-state index contributed by atoms with van der Waals surface area (Å²) in [7, 11) is -3.76. The van der Waals surface area contributed by atoms with Gasteiger partial charge in [0.25, 0.3) is 0 Å². The topological polar surface area (TPSA) is 57.5 Å². The molecule has 0 aliphatic carbocycles. The molecule has 0 saturated carbocycles. The molecule has 0 radical (unpaired) electrons. The molecular weight excluding hydrogens is 159 g/mol. The van der Waals surface area contributed by atoms with E-state index >= 15 is 0 Å². The van der Waals surface area contributed by atoms with E-state index in [9.17, 15) is 4.57 Å². The van der Waals surface area contributed by atoms with Crippen molar-refractivity contribution in [3.63, 3.8) is 0 Å². The monoisotopic (exact) mass is 170 g/mol. The van der Waals surface area contributed by atoms with Gasteiger partial charge in [-0.05, 0) is 5.25 Å². The van der Waals surface area contributed by atoms with Gasteiger partial charge in [0.1, 0.15) is 0 Å². The fraction of sp³-hybridized carbons (Fsp3) is 1.00. The zero-order valence-electron chi connectivity index (χ0n) is 5.44. The molecule has 0 atom stereocenters. The van der Waals surface area contributed by atoms with E-state index in [0.29, 0.717) is 0 Å². The normalized spacial score (nSPS) is 12.6. The van der Waals surface area contributed by atoms with Crippen LogP contribution in [0.3, 0.4) is 0 Å². The van der Waals surface area contributed by atoms with Gasteiger partial charge in [0.15, 0.2) is 0 Å². The average Bonchev–Trinajstić information content (AvgIpc) is 1.59. The summed E-state index contributed by atoms with van der Waals surface area (Å²) in [5, 5.41) is 0.289. The highest BCUT2D eigenvalue weighted by atomic mass is 32.2. The lowest BCUT2D eigenvalue weighted by Gasteiger charge is -2.04. The third-order valence-electron chi connectivity index (χ3n) is 0.576. The van der Waals surface area contributed by atoms with E-state index < -0.39 is 7.60 Å². The van der Waals surface area contributed by atoms with Crippen LogP contribution in [-0.4, -0.2) is 20.5 Å². The van der Waals surface area contributed by atoms with Crippen LogP contribution in [0.2, 0.25) is 0 Å². The van der Waals surface area contributed by atoms with Crippen LogP contribution in [-0.2, 0) is 4.57 Å². The number of hydrogen-bond acceptors (Lipinski definition) is 2. The molecular formula is C4H11O3PS. The van der Waals surface area contributed by atoms with Crippen molar-refractivity contribution in [2.24, 2.45) is 0 Å². The van der Waals surface area contributed by atoms with Gasteiger partial charge in [0.2, 0.25) is 0 Å². The Morgan fingerprint density at radius 2 is 2.00 bits per heavy atom. The van der Waals surface area contributed by atoms with Crippen LogP contribution in [0.4, 0.5) is 0 Å². The van der Waals surface area contributed by atoms with Crippen molar-refractivity contribution in [2.45, 2.75) is 19.1 Å². The Morgan fingerprint density at radius 1 is 1.56 bits per heavy atom. The third kappa shape index (κ3) is 8.50. The van der Waals surface area contributed by atoms with E-state index in [-0.39, 0.29) is 10.7 Å². The first-order valence-corrected chi connectivity index (χ1v) is 5.42. The molecule has 0 aromatic heterocycles. The van der Waals surface area contributed by atoms with Crippen molar-refractivity contribution >= 4 is 19.4 Å². The van der Waals surface area contributed by atoms with Gasteiger partial charge in [-0.25, -0.2) is 0 Å². The summed E-state index contributed by atoms with van der Waals surface area (Å²) >= 11 is 1.28. The Labute approximate surface area is 59.0 Å². The van der Waals surface area contributed by atoms with Crippen LogP contribution >= 0.6 is 19.4 Å². The first-order chi connectivity index (χ1) is 3.92. The van der Waals surface area contributed by atoms with Gasteiger partial charge in [0, 0.05) is 0 Å². The van der Waals surface area contributed by atoms with E-state index in [1.54, 1.807) is 0 Å². The summed E-state index contributed by atoms with van der Waals surface area (Å²) in [6.07, 6.45) is 0. The number of thioether (sulfide) groups is 1. The SMILES string of the molecule is CC(C)SCP(=O)(O)O. The maximum Gasteiger partial charge on any atom is 0.335 e. The minimum Gasteiger partial charge on any atom is -0.324 e. The molecule has 0 aromatic carbocycles. The molecule has 0 amide bonds. The summed E-state index contributed by atoms with van der Waals surface area (Å²) in [5.74, 6) is 0. The van der Waals surface area contributed by atoms with Crippen molar-refractivity contribution < 1.29 is 14.4 Å². The van der Waals surface area contributed by atoms with Gasteiger partial charge in [-0.2, -0.15) is 0 Å². The minimum atomic E-state index is -3.76. The average molecular weight is 170 g/mol.